The van der Waals surface area contributed by atoms with Crippen LogP contribution in [0.25, 0.3) is 0 Å². The first kappa shape index (κ1) is 13.8. The van der Waals surface area contributed by atoms with E-state index < -0.39 is 11.9 Å². The van der Waals surface area contributed by atoms with Crippen molar-refractivity contribution in [2.75, 3.05) is 5.32 Å². The zero-order valence-electron chi connectivity index (χ0n) is 10.1. The van der Waals surface area contributed by atoms with E-state index in [2.05, 4.69) is 26.4 Å². The number of amides is 3. The fourth-order valence-electron chi connectivity index (χ4n) is 1.30. The molecule has 0 fully saturated rings. The number of hydrogen-bond donors (Lipinski definition) is 3. The highest BCUT2D eigenvalue weighted by molar-refractivity contribution is 6.29. The molecule has 0 atom stereocenters. The normalized spacial score (nSPS) is 9.65. The molecule has 0 aliphatic heterocycles. The second-order valence-electron chi connectivity index (χ2n) is 3.64. The third-order valence-corrected chi connectivity index (χ3v) is 2.39. The number of benzene rings is 1. The number of hydrogen-bond acceptors (Lipinski definition) is 4. The van der Waals surface area contributed by atoms with E-state index in [1.165, 1.54) is 12.1 Å². The summed E-state index contributed by atoms with van der Waals surface area (Å²) in [5.74, 6) is -0.600. The van der Waals surface area contributed by atoms with E-state index in [0.29, 0.717) is 5.69 Å². The van der Waals surface area contributed by atoms with Gasteiger partial charge in [0.05, 0.1) is 0 Å². The van der Waals surface area contributed by atoms with Crippen molar-refractivity contribution < 1.29 is 9.59 Å². The minimum atomic E-state index is -0.600. The summed E-state index contributed by atoms with van der Waals surface area (Å²) in [4.78, 5) is 23.1. The predicted octanol–water partition coefficient (Wildman–Crippen LogP) is 1.60. The SMILES string of the molecule is O=C(NNC(=O)c1ccc(Cl)nn1)Nc1ccccc1. The molecule has 8 heteroatoms. The molecule has 0 bridgehead atoms. The molecule has 7 nitrogen and oxygen atoms in total. The van der Waals surface area contributed by atoms with Crippen LogP contribution >= 0.6 is 11.6 Å². The number of urea groups is 1. The zero-order chi connectivity index (χ0) is 14.4. The standard InChI is InChI=1S/C12H10ClN5O2/c13-10-7-6-9(15-16-10)11(19)17-18-12(20)14-8-4-2-1-3-5-8/h1-7H,(H,17,19)(H2,14,18,20). The van der Waals surface area contributed by atoms with Crippen LogP contribution in [-0.4, -0.2) is 22.1 Å². The summed E-state index contributed by atoms with van der Waals surface area (Å²) in [7, 11) is 0. The van der Waals surface area contributed by atoms with Crippen LogP contribution in [0.2, 0.25) is 5.15 Å². The molecule has 3 amide bonds. The van der Waals surface area contributed by atoms with Gasteiger partial charge in [-0.2, -0.15) is 0 Å². The van der Waals surface area contributed by atoms with Crippen LogP contribution in [0.1, 0.15) is 10.5 Å². The van der Waals surface area contributed by atoms with Crippen molar-refractivity contribution >= 4 is 29.2 Å². The molecule has 0 aliphatic rings. The Kier molecular flexibility index (Phi) is 4.46. The van der Waals surface area contributed by atoms with Gasteiger partial charge in [0, 0.05) is 5.69 Å². The fraction of sp³-hybridized carbons (Fsp3) is 0. The number of nitrogens with zero attached hydrogens (tertiary/aromatic N) is 2. The number of carbonyl (C=O) groups is 2. The molecule has 2 aromatic rings. The number of para-hydroxylation sites is 1. The molecule has 0 aliphatic carbocycles. The quantitative estimate of drug-likeness (QED) is 0.732. The fourth-order valence-corrected chi connectivity index (χ4v) is 1.40. The minimum Gasteiger partial charge on any atom is -0.307 e. The summed E-state index contributed by atoms with van der Waals surface area (Å²) in [6.07, 6.45) is 0. The van der Waals surface area contributed by atoms with Crippen LogP contribution in [0, 0.1) is 0 Å². The molecule has 1 aromatic carbocycles. The van der Waals surface area contributed by atoms with Crippen molar-refractivity contribution in [3.05, 3.63) is 53.3 Å². The van der Waals surface area contributed by atoms with Gasteiger partial charge in [-0.15, -0.1) is 10.2 Å². The molecule has 0 spiro atoms. The number of carbonyl (C=O) groups excluding carboxylic acids is 2. The highest BCUT2D eigenvalue weighted by atomic mass is 35.5. The monoisotopic (exact) mass is 291 g/mol. The third-order valence-electron chi connectivity index (χ3n) is 2.19. The van der Waals surface area contributed by atoms with Gasteiger partial charge in [0.15, 0.2) is 10.8 Å². The van der Waals surface area contributed by atoms with E-state index in [1.807, 2.05) is 6.07 Å². The summed E-state index contributed by atoms with van der Waals surface area (Å²) in [5, 5.41) is 9.81. The van der Waals surface area contributed by atoms with Gasteiger partial charge in [-0.3, -0.25) is 10.2 Å². The number of nitrogens with one attached hydrogen (secondary N) is 3. The third kappa shape index (κ3) is 3.92. The van der Waals surface area contributed by atoms with Gasteiger partial charge in [0.1, 0.15) is 0 Å². The second-order valence-corrected chi connectivity index (χ2v) is 4.03. The second kappa shape index (κ2) is 6.48. The summed E-state index contributed by atoms with van der Waals surface area (Å²) >= 11 is 5.55. The van der Waals surface area contributed by atoms with Crippen LogP contribution in [0.5, 0.6) is 0 Å². The Morgan fingerprint density at radius 2 is 1.70 bits per heavy atom. The van der Waals surface area contributed by atoms with E-state index in [4.69, 9.17) is 11.6 Å². The summed E-state index contributed by atoms with van der Waals surface area (Å²) in [6.45, 7) is 0. The van der Waals surface area contributed by atoms with Crippen LogP contribution in [0.4, 0.5) is 10.5 Å². The van der Waals surface area contributed by atoms with E-state index in [9.17, 15) is 9.59 Å². The Bertz CT molecular complexity index is 603. The smallest absolute Gasteiger partial charge is 0.307 e. The average Bonchev–Trinajstić information content (AvgIpc) is 2.46. The Balaban J connectivity index is 1.84. The van der Waals surface area contributed by atoms with Crippen LogP contribution < -0.4 is 16.2 Å². The van der Waals surface area contributed by atoms with Crippen molar-refractivity contribution in [3.63, 3.8) is 0 Å². The molecule has 0 unspecified atom stereocenters. The highest BCUT2D eigenvalue weighted by Crippen LogP contribution is 2.04. The maximum Gasteiger partial charge on any atom is 0.337 e. The Hall–Kier alpha value is -2.67. The predicted molar refractivity (Wildman–Crippen MR) is 73.1 cm³/mol. The molecular weight excluding hydrogens is 282 g/mol. The first-order valence-corrected chi connectivity index (χ1v) is 5.94. The lowest BCUT2D eigenvalue weighted by atomic mass is 10.3. The first-order chi connectivity index (χ1) is 9.65. The van der Waals surface area contributed by atoms with Crippen LogP contribution in [0.15, 0.2) is 42.5 Å². The van der Waals surface area contributed by atoms with Crippen molar-refractivity contribution in [2.24, 2.45) is 0 Å². The largest absolute Gasteiger partial charge is 0.337 e. The van der Waals surface area contributed by atoms with E-state index in [1.54, 1.807) is 24.3 Å². The molecule has 0 radical (unpaired) electrons. The van der Waals surface area contributed by atoms with Gasteiger partial charge in [0.2, 0.25) is 0 Å². The summed E-state index contributed by atoms with van der Waals surface area (Å²) < 4.78 is 0. The first-order valence-electron chi connectivity index (χ1n) is 5.57. The minimum absolute atomic E-state index is 0.0365. The van der Waals surface area contributed by atoms with E-state index in [0.717, 1.165) is 0 Å². The lowest BCUT2D eigenvalue weighted by molar-refractivity contribution is 0.0932. The zero-order valence-corrected chi connectivity index (χ0v) is 10.9. The molecule has 2 rings (SSSR count). The lowest BCUT2D eigenvalue weighted by Crippen LogP contribution is -2.44. The van der Waals surface area contributed by atoms with Crippen molar-refractivity contribution in [2.45, 2.75) is 0 Å². The van der Waals surface area contributed by atoms with Gasteiger partial charge < -0.3 is 5.32 Å². The Morgan fingerprint density at radius 3 is 2.35 bits per heavy atom. The average molecular weight is 292 g/mol. The molecule has 3 N–H and O–H groups in total. The van der Waals surface area contributed by atoms with Crippen molar-refractivity contribution in [1.29, 1.82) is 0 Å². The van der Waals surface area contributed by atoms with Crippen molar-refractivity contribution in [1.82, 2.24) is 21.0 Å². The van der Waals surface area contributed by atoms with Gasteiger partial charge in [0.25, 0.3) is 5.91 Å². The molecule has 1 aromatic heterocycles. The Labute approximate surface area is 119 Å². The number of rotatable bonds is 2. The topological polar surface area (TPSA) is 96.0 Å². The van der Waals surface area contributed by atoms with Crippen LogP contribution in [0.3, 0.4) is 0 Å². The van der Waals surface area contributed by atoms with Gasteiger partial charge >= 0.3 is 6.03 Å². The molecule has 0 saturated heterocycles. The number of anilines is 1. The molecular formula is C12H10ClN5O2. The van der Waals surface area contributed by atoms with E-state index >= 15 is 0 Å². The lowest BCUT2D eigenvalue weighted by Gasteiger charge is -2.08. The Morgan fingerprint density at radius 1 is 0.950 bits per heavy atom. The number of aromatic nitrogens is 2. The maximum absolute atomic E-state index is 11.6. The molecule has 20 heavy (non-hydrogen) atoms. The van der Waals surface area contributed by atoms with Gasteiger partial charge in [-0.25, -0.2) is 10.2 Å². The number of hydrazine groups is 1. The molecule has 102 valence electrons. The summed E-state index contributed by atoms with van der Waals surface area (Å²) in [5.41, 5.74) is 5.02. The maximum atomic E-state index is 11.6. The van der Waals surface area contributed by atoms with Crippen molar-refractivity contribution in [3.8, 4) is 0 Å². The highest BCUT2D eigenvalue weighted by Gasteiger charge is 2.09. The van der Waals surface area contributed by atoms with E-state index in [-0.39, 0.29) is 10.8 Å². The molecule has 1 heterocycles. The summed E-state index contributed by atoms with van der Waals surface area (Å²) in [6, 6.07) is 11.0. The molecule has 0 saturated carbocycles. The number of halogens is 1. The van der Waals surface area contributed by atoms with Gasteiger partial charge in [-0.1, -0.05) is 29.8 Å². The van der Waals surface area contributed by atoms with Gasteiger partial charge in [-0.05, 0) is 24.3 Å². The van der Waals surface area contributed by atoms with Crippen LogP contribution in [-0.2, 0) is 0 Å².